The highest BCUT2D eigenvalue weighted by atomic mass is 16.5. The van der Waals surface area contributed by atoms with Gasteiger partial charge in [-0.1, -0.05) is 0 Å². The van der Waals surface area contributed by atoms with E-state index in [1.165, 1.54) is 6.33 Å². The lowest BCUT2D eigenvalue weighted by Crippen LogP contribution is -2.17. The van der Waals surface area contributed by atoms with Crippen LogP contribution >= 0.6 is 0 Å². The third-order valence-electron chi connectivity index (χ3n) is 4.86. The van der Waals surface area contributed by atoms with Gasteiger partial charge in [0.05, 0.1) is 33.1 Å². The van der Waals surface area contributed by atoms with Gasteiger partial charge in [-0.15, -0.1) is 0 Å². The predicted molar refractivity (Wildman–Crippen MR) is 111 cm³/mol. The van der Waals surface area contributed by atoms with E-state index in [2.05, 4.69) is 20.3 Å². The Morgan fingerprint density at radius 2 is 2.07 bits per heavy atom. The summed E-state index contributed by atoms with van der Waals surface area (Å²) in [5.41, 5.74) is 2.31. The molecule has 4 rings (SSSR count). The Hall–Kier alpha value is -2.95. The third-order valence-corrected chi connectivity index (χ3v) is 4.86. The molecule has 0 aliphatic carbocycles. The first-order valence-electron chi connectivity index (χ1n) is 9.57. The maximum atomic E-state index is 9.41. The lowest BCUT2D eigenvalue weighted by molar-refractivity contribution is -0.0197. The number of benzene rings is 1. The zero-order valence-corrected chi connectivity index (χ0v) is 17.3. The highest BCUT2D eigenvalue weighted by Crippen LogP contribution is 2.34. The van der Waals surface area contributed by atoms with Crippen LogP contribution in [0.15, 0.2) is 30.7 Å². The molecule has 0 amide bonds. The molecule has 0 radical (unpaired) electrons. The minimum absolute atomic E-state index is 0.00187. The zero-order chi connectivity index (χ0) is 21.5. The van der Waals surface area contributed by atoms with Crippen LogP contribution in [0.2, 0.25) is 0 Å². The lowest BCUT2D eigenvalue weighted by Gasteiger charge is -2.18. The van der Waals surface area contributed by atoms with Crippen LogP contribution in [0, 0.1) is 0 Å². The summed E-state index contributed by atoms with van der Waals surface area (Å²) in [6.45, 7) is 0.481. The number of anilines is 1. The van der Waals surface area contributed by atoms with Crippen LogP contribution in [-0.2, 0) is 11.3 Å². The summed E-state index contributed by atoms with van der Waals surface area (Å²) < 4.78 is 18.7. The predicted octanol–water partition coefficient (Wildman–Crippen LogP) is 1.73. The van der Waals surface area contributed by atoms with Gasteiger partial charge in [0, 0.05) is 19.2 Å². The van der Waals surface area contributed by atoms with E-state index in [9.17, 15) is 5.11 Å². The van der Waals surface area contributed by atoms with Crippen LogP contribution < -0.4 is 14.8 Å². The van der Waals surface area contributed by atoms with Crippen LogP contribution in [0.1, 0.15) is 24.6 Å². The summed E-state index contributed by atoms with van der Waals surface area (Å²) in [6, 6.07) is 5.65. The number of imidazole rings is 1. The van der Waals surface area contributed by atoms with Gasteiger partial charge in [-0.2, -0.15) is 0 Å². The van der Waals surface area contributed by atoms with Crippen molar-refractivity contribution in [3.63, 3.8) is 0 Å². The number of fused-ring (bicyclic) bond motifs is 1. The fourth-order valence-electron chi connectivity index (χ4n) is 3.45. The lowest BCUT2D eigenvalue weighted by atomic mass is 10.2. The Balaban J connectivity index is 0.00000124. The fourth-order valence-corrected chi connectivity index (χ4v) is 3.45. The molecule has 1 aliphatic rings. The number of methoxy groups -OCH3 is 2. The van der Waals surface area contributed by atoms with Gasteiger partial charge in [-0.05, 0) is 31.0 Å². The van der Waals surface area contributed by atoms with Crippen molar-refractivity contribution < 1.29 is 24.4 Å². The smallest absolute Gasteiger partial charge is 0.207 e. The summed E-state index contributed by atoms with van der Waals surface area (Å²) in [6.07, 6.45) is 4.32. The summed E-state index contributed by atoms with van der Waals surface area (Å²) in [4.78, 5) is 13.1. The first-order valence-corrected chi connectivity index (χ1v) is 9.57. The quantitative estimate of drug-likeness (QED) is 0.527. The second-order valence-electron chi connectivity index (χ2n) is 6.54. The number of rotatable bonds is 7. The maximum Gasteiger partial charge on any atom is 0.207 e. The third kappa shape index (κ3) is 4.45. The van der Waals surface area contributed by atoms with E-state index < -0.39 is 0 Å². The van der Waals surface area contributed by atoms with Gasteiger partial charge >= 0.3 is 0 Å². The number of hydrogen-bond acceptors (Lipinski definition) is 9. The second-order valence-corrected chi connectivity index (χ2v) is 6.54. The van der Waals surface area contributed by atoms with Crippen molar-refractivity contribution in [2.45, 2.75) is 31.7 Å². The second kappa shape index (κ2) is 10.2. The van der Waals surface area contributed by atoms with Crippen molar-refractivity contribution >= 4 is 17.1 Å². The highest BCUT2D eigenvalue weighted by molar-refractivity contribution is 5.73. The number of aromatic nitrogens is 4. The standard InChI is InChI=1S/C19H23N5O4.CH4O/c1-26-13-3-5-16(27-2)12(7-13)8-21-19-23-15-9-20-11-22-18(15)24(19)17-6-4-14(10-25)28-17;1-2/h3,5,7,9,11,14,17,25H,4,6,8,10H2,1-2H3,(H,21,23);2H,1H3. The Kier molecular flexibility index (Phi) is 7.39. The van der Waals surface area contributed by atoms with E-state index in [4.69, 9.17) is 19.3 Å². The molecule has 0 spiro atoms. The highest BCUT2D eigenvalue weighted by Gasteiger charge is 2.29. The molecule has 1 fully saturated rings. The van der Waals surface area contributed by atoms with Gasteiger partial charge in [0.15, 0.2) is 5.65 Å². The molecule has 0 saturated carbocycles. The Labute approximate surface area is 174 Å². The van der Waals surface area contributed by atoms with Gasteiger partial charge in [0.2, 0.25) is 5.95 Å². The molecule has 2 aromatic heterocycles. The van der Waals surface area contributed by atoms with Crippen LogP contribution in [0.4, 0.5) is 5.95 Å². The Bertz CT molecular complexity index is 964. The van der Waals surface area contributed by atoms with Crippen molar-refractivity contribution in [1.82, 2.24) is 19.5 Å². The van der Waals surface area contributed by atoms with Crippen molar-refractivity contribution in [3.05, 3.63) is 36.3 Å². The number of nitrogens with zero attached hydrogens (tertiary/aromatic N) is 4. The molecule has 2 unspecified atom stereocenters. The van der Waals surface area contributed by atoms with Crippen molar-refractivity contribution in [2.75, 3.05) is 33.3 Å². The molecule has 0 bridgehead atoms. The number of aliphatic hydroxyl groups excluding tert-OH is 2. The van der Waals surface area contributed by atoms with Gasteiger partial charge in [0.25, 0.3) is 0 Å². The van der Waals surface area contributed by atoms with Crippen molar-refractivity contribution in [3.8, 4) is 11.5 Å². The molecule has 10 nitrogen and oxygen atoms in total. The molecule has 30 heavy (non-hydrogen) atoms. The van der Waals surface area contributed by atoms with Crippen LogP contribution in [0.5, 0.6) is 11.5 Å². The average molecular weight is 417 g/mol. The first-order chi connectivity index (χ1) is 14.7. The zero-order valence-electron chi connectivity index (χ0n) is 17.3. The van der Waals surface area contributed by atoms with Crippen LogP contribution in [0.3, 0.4) is 0 Å². The largest absolute Gasteiger partial charge is 0.497 e. The Morgan fingerprint density at radius 3 is 2.77 bits per heavy atom. The maximum absolute atomic E-state index is 9.41. The van der Waals surface area contributed by atoms with E-state index in [0.717, 1.165) is 37.0 Å². The molecule has 1 aliphatic heterocycles. The molecular formula is C20H27N5O5. The minimum Gasteiger partial charge on any atom is -0.497 e. The molecule has 2 atom stereocenters. The van der Waals surface area contributed by atoms with Crippen molar-refractivity contribution in [2.24, 2.45) is 0 Å². The molecule has 162 valence electrons. The molecular weight excluding hydrogens is 390 g/mol. The molecule has 3 N–H and O–H groups in total. The monoisotopic (exact) mass is 417 g/mol. The molecule has 3 heterocycles. The van der Waals surface area contributed by atoms with E-state index in [-0.39, 0.29) is 18.9 Å². The van der Waals surface area contributed by atoms with Gasteiger partial charge in [0.1, 0.15) is 29.6 Å². The van der Waals surface area contributed by atoms with E-state index in [0.29, 0.717) is 23.7 Å². The summed E-state index contributed by atoms with van der Waals surface area (Å²) in [5, 5.41) is 19.8. The number of ether oxygens (including phenoxy) is 3. The summed E-state index contributed by atoms with van der Waals surface area (Å²) >= 11 is 0. The van der Waals surface area contributed by atoms with E-state index in [1.807, 2.05) is 22.8 Å². The molecule has 3 aromatic rings. The average Bonchev–Trinajstić information content (AvgIpc) is 3.42. The van der Waals surface area contributed by atoms with Crippen LogP contribution in [-0.4, -0.2) is 63.8 Å². The van der Waals surface area contributed by atoms with E-state index in [1.54, 1.807) is 20.4 Å². The fraction of sp³-hybridized carbons (Fsp3) is 0.450. The SMILES string of the molecule is CO.COc1ccc(OC)c(CNc2nc3cncnc3n2C2CCC(CO)O2)c1. The molecule has 1 aromatic carbocycles. The van der Waals surface area contributed by atoms with E-state index >= 15 is 0 Å². The van der Waals surface area contributed by atoms with Gasteiger partial charge in [-0.3, -0.25) is 4.57 Å². The summed E-state index contributed by atoms with van der Waals surface area (Å²) in [7, 11) is 4.27. The van der Waals surface area contributed by atoms with Gasteiger partial charge < -0.3 is 29.7 Å². The number of nitrogens with one attached hydrogen (secondary N) is 1. The molecule has 1 saturated heterocycles. The minimum atomic E-state index is -0.244. The van der Waals surface area contributed by atoms with Crippen molar-refractivity contribution in [1.29, 1.82) is 0 Å². The normalized spacial score (nSPS) is 18.0. The summed E-state index contributed by atoms with van der Waals surface area (Å²) in [5.74, 6) is 2.14. The topological polar surface area (TPSA) is 124 Å². The Morgan fingerprint density at radius 1 is 1.23 bits per heavy atom. The number of hydrogen-bond donors (Lipinski definition) is 3. The van der Waals surface area contributed by atoms with Crippen LogP contribution in [0.25, 0.3) is 11.2 Å². The first kappa shape index (κ1) is 21.8. The molecule has 10 heteroatoms. The number of aliphatic hydroxyl groups is 2. The van der Waals surface area contributed by atoms with Gasteiger partial charge in [-0.25, -0.2) is 15.0 Å².